The highest BCUT2D eigenvalue weighted by Crippen LogP contribution is 2.48. The molecule has 2 aliphatic rings. The Labute approximate surface area is 230 Å². The number of thiocarbonyl (C=S) groups is 1. The van der Waals surface area contributed by atoms with Crippen LogP contribution >= 0.6 is 18.9 Å². The van der Waals surface area contributed by atoms with Gasteiger partial charge in [-0.1, -0.05) is 30.3 Å². The van der Waals surface area contributed by atoms with Crippen molar-refractivity contribution in [1.82, 2.24) is 15.5 Å². The molecule has 1 aromatic carbocycles. The third kappa shape index (κ3) is 8.53. The van der Waals surface area contributed by atoms with Crippen LogP contribution in [0.1, 0.15) is 12.0 Å². The summed E-state index contributed by atoms with van der Waals surface area (Å²) in [7, 11) is 2.71. The molecule has 0 spiro atoms. The first-order valence-electron chi connectivity index (χ1n) is 11.6. The minimum Gasteiger partial charge on any atom is -0.434 e. The van der Waals surface area contributed by atoms with Gasteiger partial charge in [0.05, 0.1) is 6.04 Å². The number of methoxy groups -OCH3 is 1. The van der Waals surface area contributed by atoms with E-state index in [4.69, 9.17) is 47.3 Å². The van der Waals surface area contributed by atoms with Gasteiger partial charge >= 0.3 is 12.9 Å². The summed E-state index contributed by atoms with van der Waals surface area (Å²) in [4.78, 5) is 47.0. The number of nitrogens with zero attached hydrogens (tertiary/aromatic N) is 1. The van der Waals surface area contributed by atoms with Crippen LogP contribution in [0.2, 0.25) is 0 Å². The van der Waals surface area contributed by atoms with Crippen molar-refractivity contribution in [3.8, 4) is 0 Å². The fourth-order valence-electron chi connectivity index (χ4n) is 4.12. The Bertz CT molecular complexity index is 1070. The maximum absolute atomic E-state index is 12.2. The lowest BCUT2D eigenvalue weighted by Gasteiger charge is -2.28. The fourth-order valence-corrected chi connectivity index (χ4v) is 5.36. The topological polar surface area (TPSA) is 145 Å². The summed E-state index contributed by atoms with van der Waals surface area (Å²) in [5.41, 5.74) is 0.812. The van der Waals surface area contributed by atoms with E-state index in [1.54, 1.807) is 0 Å². The van der Waals surface area contributed by atoms with Gasteiger partial charge in [-0.25, -0.2) is 4.79 Å². The van der Waals surface area contributed by atoms with E-state index in [0.29, 0.717) is 6.42 Å². The Hall–Kier alpha value is -2.45. The number of benzene rings is 1. The molecule has 1 aromatic rings. The lowest BCUT2D eigenvalue weighted by atomic mass is 10.1. The summed E-state index contributed by atoms with van der Waals surface area (Å²) in [5.74, 6) is -1.21. The zero-order valence-corrected chi connectivity index (χ0v) is 23.3. The smallest absolute Gasteiger partial charge is 0.434 e. The van der Waals surface area contributed by atoms with Gasteiger partial charge in [0.1, 0.15) is 25.4 Å². The molecule has 3 rings (SSSR count). The van der Waals surface area contributed by atoms with Crippen molar-refractivity contribution in [3.05, 3.63) is 48.0 Å². The first kappa shape index (κ1) is 30.1. The Morgan fingerprint density at radius 2 is 1.82 bits per heavy atom. The normalized spacial score (nSPS) is 24.2. The Balaban J connectivity index is 1.56. The summed E-state index contributed by atoms with van der Waals surface area (Å²) >= 11 is 10.4. The van der Waals surface area contributed by atoms with Gasteiger partial charge in [-0.3, -0.25) is 14.5 Å². The van der Waals surface area contributed by atoms with Crippen molar-refractivity contribution in [2.45, 2.75) is 31.3 Å². The van der Waals surface area contributed by atoms with Crippen LogP contribution in [-0.4, -0.2) is 85.0 Å². The van der Waals surface area contributed by atoms with Crippen LogP contribution in [0, 0.1) is 5.92 Å². The SMILES string of the molecule is CO[C@H]1C(OP(O)(=S)OC)[C@@H](COC(=O)OCc2ccccc2)C[C@H]1NC(=S)NCCN1C(=O)C=CC1=O. The molecule has 0 bridgehead atoms. The summed E-state index contributed by atoms with van der Waals surface area (Å²) in [5, 5.41) is 6.32. The second-order valence-electron chi connectivity index (χ2n) is 8.42. The third-order valence-corrected chi connectivity index (χ3v) is 7.89. The maximum atomic E-state index is 12.2. The van der Waals surface area contributed by atoms with Crippen LogP contribution in [0.15, 0.2) is 42.5 Å². The van der Waals surface area contributed by atoms with Crippen molar-refractivity contribution in [3.63, 3.8) is 0 Å². The average molecular weight is 588 g/mol. The van der Waals surface area contributed by atoms with Crippen molar-refractivity contribution in [2.75, 3.05) is 33.9 Å². The molecule has 1 aliphatic carbocycles. The first-order valence-corrected chi connectivity index (χ1v) is 14.6. The van der Waals surface area contributed by atoms with E-state index in [0.717, 1.165) is 10.5 Å². The third-order valence-electron chi connectivity index (χ3n) is 5.95. The molecule has 12 nitrogen and oxygen atoms in total. The van der Waals surface area contributed by atoms with Gasteiger partial charge in [0.2, 0.25) is 0 Å². The first-order chi connectivity index (χ1) is 18.1. The highest BCUT2D eigenvalue weighted by atomic mass is 32.5. The number of hydrogen-bond acceptors (Lipinski definition) is 10. The van der Waals surface area contributed by atoms with Crippen LogP contribution in [0.5, 0.6) is 0 Å². The lowest BCUT2D eigenvalue weighted by molar-refractivity contribution is -0.136. The zero-order valence-electron chi connectivity index (χ0n) is 20.8. The molecule has 0 saturated heterocycles. The molecule has 38 heavy (non-hydrogen) atoms. The van der Waals surface area contributed by atoms with E-state index in [1.807, 2.05) is 30.3 Å². The standard InChI is InChI=1S/C23H30N3O9PS2/c1-31-21-17(25-22(37)24-10-11-26-18(27)8-9-19(26)28)12-16(20(21)35-36(30,38)32-2)14-34-23(29)33-13-15-6-4-3-5-7-15/h3-9,16-17,20-21H,10-14H2,1-2H3,(H,30,38)(H2,24,25,37)/t16-,17-,20?,21-,36?/m1/s1. The van der Waals surface area contributed by atoms with E-state index in [1.165, 1.54) is 26.4 Å². The predicted octanol–water partition coefficient (Wildman–Crippen LogP) is 1.38. The molecule has 5 atom stereocenters. The highest BCUT2D eigenvalue weighted by molar-refractivity contribution is 8.07. The molecule has 15 heteroatoms. The zero-order chi connectivity index (χ0) is 27.7. The largest absolute Gasteiger partial charge is 0.508 e. The van der Waals surface area contributed by atoms with Gasteiger partial charge in [0, 0.05) is 45.4 Å². The van der Waals surface area contributed by atoms with E-state index in [2.05, 4.69) is 10.6 Å². The van der Waals surface area contributed by atoms with E-state index in [9.17, 15) is 19.3 Å². The molecule has 2 amide bonds. The number of carbonyl (C=O) groups is 3. The van der Waals surface area contributed by atoms with Gasteiger partial charge in [-0.2, -0.15) is 0 Å². The van der Waals surface area contributed by atoms with Gasteiger partial charge in [-0.05, 0) is 36.0 Å². The second kappa shape index (κ2) is 14.1. The molecule has 1 aliphatic heterocycles. The van der Waals surface area contributed by atoms with Crippen LogP contribution in [0.25, 0.3) is 0 Å². The Kier molecular flexibility index (Phi) is 11.2. The van der Waals surface area contributed by atoms with E-state index >= 15 is 0 Å². The van der Waals surface area contributed by atoms with Gasteiger partial charge in [0.25, 0.3) is 11.8 Å². The number of carbonyl (C=O) groups excluding carboxylic acids is 3. The van der Waals surface area contributed by atoms with Crippen molar-refractivity contribution in [2.24, 2.45) is 5.92 Å². The Morgan fingerprint density at radius 1 is 1.13 bits per heavy atom. The van der Waals surface area contributed by atoms with Crippen molar-refractivity contribution >= 4 is 53.8 Å². The quantitative estimate of drug-likeness (QED) is 0.140. The fraction of sp³-hybridized carbons (Fsp3) is 0.478. The number of nitrogens with one attached hydrogen (secondary N) is 2. The van der Waals surface area contributed by atoms with Crippen LogP contribution in [-0.2, 0) is 51.3 Å². The molecular formula is C23H30N3O9PS2. The lowest BCUT2D eigenvalue weighted by Crippen LogP contribution is -2.49. The highest BCUT2D eigenvalue weighted by Gasteiger charge is 2.47. The predicted molar refractivity (Wildman–Crippen MR) is 143 cm³/mol. The van der Waals surface area contributed by atoms with Crippen molar-refractivity contribution in [1.29, 1.82) is 0 Å². The van der Waals surface area contributed by atoms with E-state index in [-0.39, 0.29) is 43.2 Å². The molecule has 3 N–H and O–H groups in total. The van der Waals surface area contributed by atoms with Crippen LogP contribution < -0.4 is 10.6 Å². The van der Waals surface area contributed by atoms with Gasteiger partial charge in [-0.15, -0.1) is 0 Å². The van der Waals surface area contributed by atoms with Crippen molar-refractivity contribution < 1.29 is 42.5 Å². The van der Waals surface area contributed by atoms with E-state index < -0.39 is 37.0 Å². The minimum absolute atomic E-state index is 0.0564. The second-order valence-corrected chi connectivity index (χ2v) is 11.7. The number of hydrogen-bond donors (Lipinski definition) is 3. The molecule has 1 heterocycles. The summed E-state index contributed by atoms with van der Waals surface area (Å²) in [6.45, 7) is -3.25. The molecular weight excluding hydrogens is 557 g/mol. The van der Waals surface area contributed by atoms with Crippen LogP contribution in [0.3, 0.4) is 0 Å². The maximum Gasteiger partial charge on any atom is 0.508 e. The molecule has 0 radical (unpaired) electrons. The molecule has 1 fully saturated rings. The molecule has 208 valence electrons. The molecule has 0 aromatic heterocycles. The van der Waals surface area contributed by atoms with Crippen LogP contribution in [0.4, 0.5) is 4.79 Å². The summed E-state index contributed by atoms with van der Waals surface area (Å²) in [6, 6.07) is 8.75. The number of rotatable bonds is 12. The molecule has 1 saturated carbocycles. The number of imide groups is 1. The summed E-state index contributed by atoms with van der Waals surface area (Å²) < 4.78 is 26.8. The van der Waals surface area contributed by atoms with Gasteiger partial charge < -0.3 is 38.8 Å². The minimum atomic E-state index is -3.58. The summed E-state index contributed by atoms with van der Waals surface area (Å²) in [6.07, 6.45) is 0.518. The average Bonchev–Trinajstić information content (AvgIpc) is 3.39. The Morgan fingerprint density at radius 3 is 2.45 bits per heavy atom. The number of ether oxygens (including phenoxy) is 3. The monoisotopic (exact) mass is 587 g/mol. The van der Waals surface area contributed by atoms with Gasteiger partial charge in [0.15, 0.2) is 5.11 Å². The number of amides is 2. The molecule has 2 unspecified atom stereocenters.